The fourth-order valence-electron chi connectivity index (χ4n) is 3.49. The van der Waals surface area contributed by atoms with Crippen LogP contribution < -0.4 is 10.0 Å². The van der Waals surface area contributed by atoms with Gasteiger partial charge in [-0.25, -0.2) is 0 Å². The van der Waals surface area contributed by atoms with E-state index in [2.05, 4.69) is 0 Å². The number of esters is 1. The number of para-hydroxylation sites is 1. The number of hydrogen-bond acceptors (Lipinski definition) is 5. The molecular formula is C22H22NO5-. The van der Waals surface area contributed by atoms with Gasteiger partial charge < -0.3 is 14.6 Å². The standard InChI is InChI=1S/C22H23NO5/c1-22(2,3)28-20(26)13-23-18-11-7-6-9-15(18)17(12-19(24)25)14-8-4-5-10-16(14)21(23)27/h4-11,17H,12-13H2,1-3H3,(H,24,25)/p-1. The Morgan fingerprint density at radius 1 is 1.04 bits per heavy atom. The highest BCUT2D eigenvalue weighted by Crippen LogP contribution is 2.40. The van der Waals surface area contributed by atoms with Gasteiger partial charge in [0.2, 0.25) is 0 Å². The molecule has 0 saturated carbocycles. The number of hydrogen-bond donors (Lipinski definition) is 0. The molecule has 2 aromatic rings. The Labute approximate surface area is 163 Å². The molecule has 0 N–H and O–H groups in total. The molecule has 0 aliphatic carbocycles. The molecule has 146 valence electrons. The van der Waals surface area contributed by atoms with Crippen molar-refractivity contribution >= 4 is 23.5 Å². The second-order valence-electron chi connectivity index (χ2n) is 7.75. The zero-order chi connectivity index (χ0) is 20.5. The number of carboxylic acids is 1. The highest BCUT2D eigenvalue weighted by molar-refractivity contribution is 6.11. The minimum Gasteiger partial charge on any atom is -0.550 e. The van der Waals surface area contributed by atoms with Crippen LogP contribution in [0.3, 0.4) is 0 Å². The Bertz CT molecular complexity index is 929. The van der Waals surface area contributed by atoms with Crippen LogP contribution in [0.4, 0.5) is 5.69 Å². The van der Waals surface area contributed by atoms with Gasteiger partial charge in [0.25, 0.3) is 5.91 Å². The number of carboxylic acid groups (broad SMARTS) is 1. The number of amides is 1. The molecule has 6 heteroatoms. The van der Waals surface area contributed by atoms with E-state index in [0.717, 1.165) is 0 Å². The SMILES string of the molecule is CC(C)(C)OC(=O)CN1C(=O)c2ccccc2C(CC(=O)[O-])c2ccccc21. The number of anilines is 1. The number of rotatable bonds is 4. The van der Waals surface area contributed by atoms with Crippen molar-refractivity contribution in [3.63, 3.8) is 0 Å². The highest BCUT2D eigenvalue weighted by atomic mass is 16.6. The lowest BCUT2D eigenvalue weighted by Crippen LogP contribution is -2.39. The van der Waals surface area contributed by atoms with Crippen LogP contribution in [0.25, 0.3) is 0 Å². The first-order valence-electron chi connectivity index (χ1n) is 9.09. The van der Waals surface area contributed by atoms with Crippen LogP contribution in [0, 0.1) is 0 Å². The third-order valence-electron chi connectivity index (χ3n) is 4.49. The topological polar surface area (TPSA) is 86.7 Å². The average molecular weight is 380 g/mol. The third-order valence-corrected chi connectivity index (χ3v) is 4.49. The Morgan fingerprint density at radius 3 is 2.29 bits per heavy atom. The van der Waals surface area contributed by atoms with Gasteiger partial charge in [-0.2, -0.15) is 0 Å². The van der Waals surface area contributed by atoms with Crippen molar-refractivity contribution < 1.29 is 24.2 Å². The lowest BCUT2D eigenvalue weighted by atomic mass is 9.86. The van der Waals surface area contributed by atoms with Crippen LogP contribution in [0.15, 0.2) is 48.5 Å². The molecule has 1 aliphatic rings. The summed E-state index contributed by atoms with van der Waals surface area (Å²) in [6.45, 7) is 5.01. The molecule has 28 heavy (non-hydrogen) atoms. The van der Waals surface area contributed by atoms with E-state index in [0.29, 0.717) is 22.4 Å². The summed E-state index contributed by atoms with van der Waals surface area (Å²) in [4.78, 5) is 38.5. The Morgan fingerprint density at radius 2 is 1.64 bits per heavy atom. The fraction of sp³-hybridized carbons (Fsp3) is 0.318. The maximum atomic E-state index is 13.3. The highest BCUT2D eigenvalue weighted by Gasteiger charge is 2.34. The maximum absolute atomic E-state index is 13.3. The van der Waals surface area contributed by atoms with Gasteiger partial charge in [0.05, 0.1) is 0 Å². The van der Waals surface area contributed by atoms with Crippen LogP contribution in [0.2, 0.25) is 0 Å². The molecule has 3 rings (SSSR count). The van der Waals surface area contributed by atoms with E-state index in [-0.39, 0.29) is 18.9 Å². The van der Waals surface area contributed by atoms with Gasteiger partial charge in [0.15, 0.2) is 0 Å². The van der Waals surface area contributed by atoms with Gasteiger partial charge in [0.1, 0.15) is 12.1 Å². The first-order chi connectivity index (χ1) is 13.2. The van der Waals surface area contributed by atoms with Crippen LogP contribution >= 0.6 is 0 Å². The zero-order valence-electron chi connectivity index (χ0n) is 16.1. The van der Waals surface area contributed by atoms with E-state index in [1.807, 2.05) is 0 Å². The monoisotopic (exact) mass is 380 g/mol. The van der Waals surface area contributed by atoms with Gasteiger partial charge in [0, 0.05) is 23.1 Å². The van der Waals surface area contributed by atoms with Crippen molar-refractivity contribution in [2.75, 3.05) is 11.4 Å². The molecule has 1 atom stereocenters. The summed E-state index contributed by atoms with van der Waals surface area (Å²) in [7, 11) is 0. The van der Waals surface area contributed by atoms with E-state index >= 15 is 0 Å². The largest absolute Gasteiger partial charge is 0.550 e. The fourth-order valence-corrected chi connectivity index (χ4v) is 3.49. The van der Waals surface area contributed by atoms with Gasteiger partial charge >= 0.3 is 5.97 Å². The number of fused-ring (bicyclic) bond motifs is 2. The quantitative estimate of drug-likeness (QED) is 0.760. The first kappa shape index (κ1) is 19.6. The minimum absolute atomic E-state index is 0.262. The van der Waals surface area contributed by atoms with Crippen molar-refractivity contribution in [1.29, 1.82) is 0 Å². The normalized spacial score (nSPS) is 16.0. The minimum atomic E-state index is -1.21. The van der Waals surface area contributed by atoms with Gasteiger partial charge in [-0.05, 0) is 50.5 Å². The van der Waals surface area contributed by atoms with E-state index in [9.17, 15) is 19.5 Å². The van der Waals surface area contributed by atoms with E-state index < -0.39 is 23.5 Å². The Hall–Kier alpha value is -3.15. The first-order valence-corrected chi connectivity index (χ1v) is 9.09. The predicted molar refractivity (Wildman–Crippen MR) is 102 cm³/mol. The summed E-state index contributed by atoms with van der Waals surface area (Å²) in [5, 5.41) is 11.4. The second kappa shape index (κ2) is 7.46. The zero-order valence-corrected chi connectivity index (χ0v) is 16.1. The van der Waals surface area contributed by atoms with Crippen molar-refractivity contribution in [1.82, 2.24) is 0 Å². The van der Waals surface area contributed by atoms with E-state index in [1.165, 1.54) is 4.90 Å². The van der Waals surface area contributed by atoms with Gasteiger partial charge in [-0.15, -0.1) is 0 Å². The number of nitrogens with zero attached hydrogens (tertiary/aromatic N) is 1. The molecule has 0 spiro atoms. The molecule has 6 nitrogen and oxygen atoms in total. The molecule has 1 amide bonds. The molecule has 1 aliphatic heterocycles. The Balaban J connectivity index is 2.12. The molecule has 2 aromatic carbocycles. The van der Waals surface area contributed by atoms with Crippen LogP contribution in [-0.4, -0.2) is 30.0 Å². The smallest absolute Gasteiger partial charge is 0.326 e. The maximum Gasteiger partial charge on any atom is 0.326 e. The van der Waals surface area contributed by atoms with E-state index in [4.69, 9.17) is 4.74 Å². The number of ether oxygens (including phenoxy) is 1. The van der Waals surface area contributed by atoms with E-state index in [1.54, 1.807) is 69.3 Å². The number of carbonyl (C=O) groups is 3. The summed E-state index contributed by atoms with van der Waals surface area (Å²) in [6, 6.07) is 13.9. The number of benzene rings is 2. The lowest BCUT2D eigenvalue weighted by molar-refractivity contribution is -0.306. The molecule has 0 fully saturated rings. The summed E-state index contributed by atoms with van der Waals surface area (Å²) in [5.41, 5.74) is 1.46. The molecule has 0 bridgehead atoms. The second-order valence-corrected chi connectivity index (χ2v) is 7.75. The van der Waals surface area contributed by atoms with Gasteiger partial charge in [-0.1, -0.05) is 36.4 Å². The lowest BCUT2D eigenvalue weighted by Gasteiger charge is -2.26. The molecule has 0 saturated heterocycles. The average Bonchev–Trinajstić information content (AvgIpc) is 2.70. The van der Waals surface area contributed by atoms with Crippen molar-refractivity contribution in [3.05, 3.63) is 65.2 Å². The van der Waals surface area contributed by atoms with Crippen molar-refractivity contribution in [3.8, 4) is 0 Å². The molecule has 1 unspecified atom stereocenters. The summed E-state index contributed by atoms with van der Waals surface area (Å²) in [6.07, 6.45) is -0.262. The molecule has 0 radical (unpaired) electrons. The number of aliphatic carboxylic acids is 1. The summed E-state index contributed by atoms with van der Waals surface area (Å²) in [5.74, 6) is -2.66. The molecule has 1 heterocycles. The van der Waals surface area contributed by atoms with Crippen molar-refractivity contribution in [2.45, 2.75) is 38.7 Å². The predicted octanol–water partition coefficient (Wildman–Crippen LogP) is 2.26. The Kier molecular flexibility index (Phi) is 5.23. The van der Waals surface area contributed by atoms with Gasteiger partial charge in [-0.3, -0.25) is 14.5 Å². The van der Waals surface area contributed by atoms with Crippen LogP contribution in [-0.2, 0) is 14.3 Å². The van der Waals surface area contributed by atoms with Crippen LogP contribution in [0.1, 0.15) is 54.6 Å². The van der Waals surface area contributed by atoms with Crippen LogP contribution in [0.5, 0.6) is 0 Å². The molecule has 0 aromatic heterocycles. The third kappa shape index (κ3) is 4.06. The molecular weight excluding hydrogens is 358 g/mol. The summed E-state index contributed by atoms with van der Waals surface area (Å²) < 4.78 is 5.39. The summed E-state index contributed by atoms with van der Waals surface area (Å²) >= 11 is 0. The van der Waals surface area contributed by atoms with Crippen molar-refractivity contribution in [2.24, 2.45) is 0 Å². The number of carbonyl (C=O) groups excluding carboxylic acids is 3.